The van der Waals surface area contributed by atoms with E-state index in [1.165, 1.54) is 31.2 Å². The molecule has 0 aliphatic heterocycles. The van der Waals surface area contributed by atoms with Crippen molar-refractivity contribution in [3.05, 3.63) is 35.9 Å². The zero-order valence-corrected chi connectivity index (χ0v) is 10.8. The Labute approximate surface area is 105 Å². The molecule has 1 atom stereocenters. The topological polar surface area (TPSA) is 55.2 Å². The van der Waals surface area contributed by atoms with E-state index < -0.39 is 0 Å². The Morgan fingerprint density at radius 1 is 1.18 bits per heavy atom. The highest BCUT2D eigenvalue weighted by atomic mass is 16.3. The van der Waals surface area contributed by atoms with Crippen LogP contribution in [0.4, 0.5) is 0 Å². The molecule has 1 aliphatic rings. The van der Waals surface area contributed by atoms with E-state index in [9.17, 15) is 5.11 Å². The summed E-state index contributed by atoms with van der Waals surface area (Å²) >= 11 is 0. The standard InChI is InChI=1S/C15H22O.H3N/c1-12(16)9-15-10-14(11-15)8-7-13-5-3-2-4-6-13;/h2-6,12,14-16H,7-11H2,1H3;1H3. The Bertz CT molecular complexity index is 304. The summed E-state index contributed by atoms with van der Waals surface area (Å²) in [5.74, 6) is 1.70. The van der Waals surface area contributed by atoms with Gasteiger partial charge in [0.1, 0.15) is 0 Å². The van der Waals surface area contributed by atoms with Crippen LogP contribution in [0.25, 0.3) is 0 Å². The molecule has 17 heavy (non-hydrogen) atoms. The van der Waals surface area contributed by atoms with E-state index in [1.54, 1.807) is 0 Å². The molecule has 2 nitrogen and oxygen atoms in total. The summed E-state index contributed by atoms with van der Waals surface area (Å²) < 4.78 is 0. The van der Waals surface area contributed by atoms with E-state index in [4.69, 9.17) is 0 Å². The Balaban J connectivity index is 0.00000144. The SMILES string of the molecule is CC(O)CC1CC(CCc2ccccc2)C1.N. The van der Waals surface area contributed by atoms with Crippen LogP contribution in [0.2, 0.25) is 0 Å². The van der Waals surface area contributed by atoms with Crippen molar-refractivity contribution in [3.63, 3.8) is 0 Å². The summed E-state index contributed by atoms with van der Waals surface area (Å²) in [5.41, 5.74) is 1.46. The van der Waals surface area contributed by atoms with Gasteiger partial charge in [0, 0.05) is 0 Å². The van der Waals surface area contributed by atoms with Crippen molar-refractivity contribution in [2.45, 2.75) is 45.1 Å². The number of aliphatic hydroxyl groups excluding tert-OH is 1. The lowest BCUT2D eigenvalue weighted by Gasteiger charge is -2.36. The molecule has 1 aromatic rings. The van der Waals surface area contributed by atoms with Gasteiger partial charge in [-0.1, -0.05) is 30.3 Å². The molecule has 0 radical (unpaired) electrons. The molecule has 0 saturated heterocycles. The molecule has 2 heteroatoms. The van der Waals surface area contributed by atoms with Crippen LogP contribution in [-0.2, 0) is 6.42 Å². The summed E-state index contributed by atoms with van der Waals surface area (Å²) in [7, 11) is 0. The Kier molecular flexibility index (Phi) is 5.66. The van der Waals surface area contributed by atoms with Gasteiger partial charge in [-0.2, -0.15) is 0 Å². The van der Waals surface area contributed by atoms with Gasteiger partial charge in [-0.05, 0) is 56.4 Å². The average molecular weight is 235 g/mol. The van der Waals surface area contributed by atoms with E-state index in [-0.39, 0.29) is 12.3 Å². The van der Waals surface area contributed by atoms with Gasteiger partial charge in [0.2, 0.25) is 0 Å². The third kappa shape index (κ3) is 4.49. The van der Waals surface area contributed by atoms with E-state index in [1.807, 2.05) is 6.92 Å². The second kappa shape index (κ2) is 6.77. The molecule has 0 bridgehead atoms. The zero-order valence-electron chi connectivity index (χ0n) is 10.8. The minimum absolute atomic E-state index is 0. The maximum atomic E-state index is 9.28. The van der Waals surface area contributed by atoms with E-state index in [0.717, 1.165) is 18.3 Å². The third-order valence-electron chi connectivity index (χ3n) is 3.69. The summed E-state index contributed by atoms with van der Waals surface area (Å²) in [6, 6.07) is 10.7. The minimum Gasteiger partial charge on any atom is -0.393 e. The van der Waals surface area contributed by atoms with Gasteiger partial charge in [0.25, 0.3) is 0 Å². The number of rotatable bonds is 5. The second-order valence-corrected chi connectivity index (χ2v) is 5.31. The first-order valence-electron chi connectivity index (χ1n) is 6.46. The quantitative estimate of drug-likeness (QED) is 0.819. The molecular weight excluding hydrogens is 210 g/mol. The molecule has 1 unspecified atom stereocenters. The molecule has 1 saturated carbocycles. The van der Waals surface area contributed by atoms with Gasteiger partial charge in [0.15, 0.2) is 0 Å². The Hall–Kier alpha value is -0.860. The molecule has 96 valence electrons. The molecule has 0 spiro atoms. The van der Waals surface area contributed by atoms with Gasteiger partial charge in [-0.15, -0.1) is 0 Å². The molecule has 0 amide bonds. The number of aryl methyl sites for hydroxylation is 1. The summed E-state index contributed by atoms with van der Waals surface area (Å²) in [5, 5.41) is 9.28. The molecular formula is C15H25NO. The van der Waals surface area contributed by atoms with Gasteiger partial charge < -0.3 is 11.3 Å². The molecule has 1 aromatic carbocycles. The maximum absolute atomic E-state index is 9.28. The number of hydrogen-bond acceptors (Lipinski definition) is 2. The largest absolute Gasteiger partial charge is 0.393 e. The fourth-order valence-corrected chi connectivity index (χ4v) is 2.80. The first-order valence-corrected chi connectivity index (χ1v) is 6.46. The zero-order chi connectivity index (χ0) is 11.4. The van der Waals surface area contributed by atoms with Crippen LogP contribution < -0.4 is 6.15 Å². The predicted octanol–water partition coefficient (Wildman–Crippen LogP) is 3.58. The molecule has 0 aromatic heterocycles. The van der Waals surface area contributed by atoms with Crippen molar-refractivity contribution >= 4 is 0 Å². The van der Waals surface area contributed by atoms with E-state index in [2.05, 4.69) is 30.3 Å². The van der Waals surface area contributed by atoms with Crippen LogP contribution in [-0.4, -0.2) is 11.2 Å². The lowest BCUT2D eigenvalue weighted by molar-refractivity contribution is 0.0956. The van der Waals surface area contributed by atoms with Crippen molar-refractivity contribution in [2.24, 2.45) is 11.8 Å². The summed E-state index contributed by atoms with van der Waals surface area (Å²) in [4.78, 5) is 0. The normalized spacial score (nSPS) is 24.6. The first kappa shape index (κ1) is 14.2. The average Bonchev–Trinajstić information content (AvgIpc) is 2.22. The third-order valence-corrected chi connectivity index (χ3v) is 3.69. The maximum Gasteiger partial charge on any atom is 0.0514 e. The van der Waals surface area contributed by atoms with Crippen LogP contribution in [0.15, 0.2) is 30.3 Å². The highest BCUT2D eigenvalue weighted by molar-refractivity contribution is 5.14. The summed E-state index contributed by atoms with van der Waals surface area (Å²) in [6.45, 7) is 1.90. The lowest BCUT2D eigenvalue weighted by Crippen LogP contribution is -2.26. The smallest absolute Gasteiger partial charge is 0.0514 e. The monoisotopic (exact) mass is 235 g/mol. The molecule has 0 heterocycles. The van der Waals surface area contributed by atoms with Crippen LogP contribution >= 0.6 is 0 Å². The highest BCUT2D eigenvalue weighted by Gasteiger charge is 2.29. The lowest BCUT2D eigenvalue weighted by atomic mass is 9.70. The van der Waals surface area contributed by atoms with Crippen molar-refractivity contribution in [1.29, 1.82) is 0 Å². The number of benzene rings is 1. The highest BCUT2D eigenvalue weighted by Crippen LogP contribution is 2.39. The second-order valence-electron chi connectivity index (χ2n) is 5.31. The fourth-order valence-electron chi connectivity index (χ4n) is 2.80. The van der Waals surface area contributed by atoms with Crippen molar-refractivity contribution in [1.82, 2.24) is 6.15 Å². The van der Waals surface area contributed by atoms with Crippen LogP contribution in [0.3, 0.4) is 0 Å². The van der Waals surface area contributed by atoms with Crippen LogP contribution in [0, 0.1) is 11.8 Å². The van der Waals surface area contributed by atoms with Crippen molar-refractivity contribution in [3.8, 4) is 0 Å². The molecule has 2 rings (SSSR count). The molecule has 1 fully saturated rings. The van der Waals surface area contributed by atoms with Gasteiger partial charge >= 0.3 is 0 Å². The van der Waals surface area contributed by atoms with Crippen LogP contribution in [0.1, 0.15) is 38.2 Å². The van der Waals surface area contributed by atoms with Crippen LogP contribution in [0.5, 0.6) is 0 Å². The Morgan fingerprint density at radius 3 is 2.41 bits per heavy atom. The van der Waals surface area contributed by atoms with Crippen molar-refractivity contribution < 1.29 is 5.11 Å². The summed E-state index contributed by atoms with van der Waals surface area (Å²) in [6.07, 6.45) is 6.09. The predicted molar refractivity (Wildman–Crippen MR) is 72.3 cm³/mol. The number of aliphatic hydroxyl groups is 1. The van der Waals surface area contributed by atoms with E-state index >= 15 is 0 Å². The minimum atomic E-state index is -0.111. The van der Waals surface area contributed by atoms with Gasteiger partial charge in [-0.3, -0.25) is 0 Å². The van der Waals surface area contributed by atoms with Gasteiger partial charge in [0.05, 0.1) is 6.10 Å². The van der Waals surface area contributed by atoms with E-state index in [0.29, 0.717) is 0 Å². The molecule has 4 N–H and O–H groups in total. The fraction of sp³-hybridized carbons (Fsp3) is 0.600. The Morgan fingerprint density at radius 2 is 1.82 bits per heavy atom. The van der Waals surface area contributed by atoms with Crippen molar-refractivity contribution in [2.75, 3.05) is 0 Å². The number of hydrogen-bond donors (Lipinski definition) is 2. The molecule has 1 aliphatic carbocycles. The first-order chi connectivity index (χ1) is 7.74. The van der Waals surface area contributed by atoms with Gasteiger partial charge in [-0.25, -0.2) is 0 Å².